The molecule has 0 aromatic heterocycles. The molecule has 0 amide bonds. The highest BCUT2D eigenvalue weighted by Gasteiger charge is 2.36. The molecule has 0 aliphatic carbocycles. The van der Waals surface area contributed by atoms with Gasteiger partial charge in [-0.1, -0.05) is 27.7 Å². The highest BCUT2D eigenvalue weighted by Crippen LogP contribution is 2.25. The minimum atomic E-state index is -3.04. The molecule has 0 spiro atoms. The number of hydrogen-bond acceptors (Lipinski definition) is 4. The molecular formula is C11H23NO3S. The summed E-state index contributed by atoms with van der Waals surface area (Å²) >= 11 is 0. The maximum absolute atomic E-state index is 11.3. The van der Waals surface area contributed by atoms with E-state index in [1.165, 1.54) is 0 Å². The standard InChI is InChI=1S/C11H23NO3S/c1-8(11(2,3)4)5-12-9-6-16(14,15)7-10(9)13/h8-10,12-13H,5-7H2,1-4H3. The Morgan fingerprint density at radius 1 is 1.38 bits per heavy atom. The Kier molecular flexibility index (Phi) is 4.03. The van der Waals surface area contributed by atoms with Gasteiger partial charge >= 0.3 is 0 Å². The second-order valence-electron chi connectivity index (χ2n) is 5.93. The molecule has 1 aliphatic rings. The lowest BCUT2D eigenvalue weighted by Gasteiger charge is -2.29. The third-order valence-electron chi connectivity index (χ3n) is 3.49. The number of sulfone groups is 1. The third-order valence-corrected chi connectivity index (χ3v) is 5.20. The van der Waals surface area contributed by atoms with Gasteiger partial charge in [0.1, 0.15) is 0 Å². The summed E-state index contributed by atoms with van der Waals surface area (Å²) in [6.07, 6.45) is -0.753. The average Bonchev–Trinajstić information content (AvgIpc) is 2.33. The number of nitrogens with one attached hydrogen (secondary N) is 1. The molecular weight excluding hydrogens is 226 g/mol. The van der Waals surface area contributed by atoms with Gasteiger partial charge < -0.3 is 10.4 Å². The van der Waals surface area contributed by atoms with Gasteiger partial charge in [0.15, 0.2) is 9.84 Å². The highest BCUT2D eigenvalue weighted by molar-refractivity contribution is 7.91. The average molecular weight is 249 g/mol. The van der Waals surface area contributed by atoms with E-state index in [0.717, 1.165) is 6.54 Å². The smallest absolute Gasteiger partial charge is 0.154 e. The topological polar surface area (TPSA) is 66.4 Å². The van der Waals surface area contributed by atoms with Crippen molar-refractivity contribution in [3.63, 3.8) is 0 Å². The van der Waals surface area contributed by atoms with Crippen molar-refractivity contribution >= 4 is 9.84 Å². The summed E-state index contributed by atoms with van der Waals surface area (Å²) in [5.74, 6) is 0.391. The van der Waals surface area contributed by atoms with E-state index in [2.05, 4.69) is 33.0 Å². The van der Waals surface area contributed by atoms with Gasteiger partial charge in [0.2, 0.25) is 0 Å². The van der Waals surface area contributed by atoms with Crippen molar-refractivity contribution in [1.29, 1.82) is 0 Å². The molecule has 1 fully saturated rings. The van der Waals surface area contributed by atoms with Gasteiger partial charge in [0, 0.05) is 6.04 Å². The summed E-state index contributed by atoms with van der Waals surface area (Å²) in [4.78, 5) is 0. The van der Waals surface area contributed by atoms with Gasteiger partial charge in [-0.05, 0) is 17.9 Å². The summed E-state index contributed by atoms with van der Waals surface area (Å²) in [5, 5.41) is 12.8. The van der Waals surface area contributed by atoms with Crippen LogP contribution in [0.1, 0.15) is 27.7 Å². The van der Waals surface area contributed by atoms with Gasteiger partial charge in [0.05, 0.1) is 17.6 Å². The molecule has 0 bridgehead atoms. The molecule has 3 atom stereocenters. The van der Waals surface area contributed by atoms with E-state index in [1.807, 2.05) is 0 Å². The first-order chi connectivity index (χ1) is 7.12. The van der Waals surface area contributed by atoms with Gasteiger partial charge in [-0.2, -0.15) is 0 Å². The fourth-order valence-corrected chi connectivity index (χ4v) is 3.43. The van der Waals surface area contributed by atoms with Crippen molar-refractivity contribution in [3.05, 3.63) is 0 Å². The van der Waals surface area contributed by atoms with E-state index < -0.39 is 15.9 Å². The van der Waals surface area contributed by atoms with E-state index >= 15 is 0 Å². The van der Waals surface area contributed by atoms with Crippen LogP contribution in [0.3, 0.4) is 0 Å². The fourth-order valence-electron chi connectivity index (χ4n) is 1.66. The van der Waals surface area contributed by atoms with Crippen LogP contribution in [0.25, 0.3) is 0 Å². The van der Waals surface area contributed by atoms with Crippen LogP contribution in [-0.2, 0) is 9.84 Å². The zero-order valence-corrected chi connectivity index (χ0v) is 11.3. The van der Waals surface area contributed by atoms with E-state index in [0.29, 0.717) is 5.92 Å². The maximum atomic E-state index is 11.3. The number of aliphatic hydroxyl groups excluding tert-OH is 1. The summed E-state index contributed by atoms with van der Waals surface area (Å²) in [7, 11) is -3.04. The first-order valence-electron chi connectivity index (χ1n) is 5.74. The zero-order valence-electron chi connectivity index (χ0n) is 10.5. The number of rotatable bonds is 3. The number of aliphatic hydroxyl groups is 1. The summed E-state index contributed by atoms with van der Waals surface area (Å²) < 4.78 is 22.6. The van der Waals surface area contributed by atoms with Crippen LogP contribution in [-0.4, -0.2) is 43.7 Å². The molecule has 0 radical (unpaired) electrons. The normalized spacial score (nSPS) is 31.6. The van der Waals surface area contributed by atoms with E-state index in [1.54, 1.807) is 0 Å². The van der Waals surface area contributed by atoms with Crippen molar-refractivity contribution in [1.82, 2.24) is 5.32 Å². The Morgan fingerprint density at radius 2 is 1.94 bits per heavy atom. The van der Waals surface area contributed by atoms with Crippen LogP contribution in [0.15, 0.2) is 0 Å². The first kappa shape index (κ1) is 13.9. The fraction of sp³-hybridized carbons (Fsp3) is 1.00. The van der Waals surface area contributed by atoms with Gasteiger partial charge in [-0.3, -0.25) is 0 Å². The van der Waals surface area contributed by atoms with Crippen LogP contribution >= 0.6 is 0 Å². The molecule has 1 saturated heterocycles. The van der Waals surface area contributed by atoms with Crippen molar-refractivity contribution in [2.24, 2.45) is 11.3 Å². The third kappa shape index (κ3) is 3.71. The predicted molar refractivity (Wildman–Crippen MR) is 65.1 cm³/mol. The molecule has 3 unspecified atom stereocenters. The molecule has 1 heterocycles. The Hall–Kier alpha value is -0.130. The zero-order chi connectivity index (χ0) is 12.6. The Bertz CT molecular complexity index is 332. The Morgan fingerprint density at radius 3 is 2.31 bits per heavy atom. The lowest BCUT2D eigenvalue weighted by molar-refractivity contribution is 0.155. The van der Waals surface area contributed by atoms with Gasteiger partial charge in [-0.25, -0.2) is 8.42 Å². The lowest BCUT2D eigenvalue weighted by Crippen LogP contribution is -2.42. The first-order valence-corrected chi connectivity index (χ1v) is 7.56. The predicted octanol–water partition coefficient (Wildman–Crippen LogP) is 0.416. The molecule has 2 N–H and O–H groups in total. The van der Waals surface area contributed by atoms with Crippen molar-refractivity contribution < 1.29 is 13.5 Å². The summed E-state index contributed by atoms with van der Waals surface area (Å²) in [5.41, 5.74) is 0.190. The lowest BCUT2D eigenvalue weighted by atomic mass is 9.82. The number of hydrogen-bond donors (Lipinski definition) is 2. The maximum Gasteiger partial charge on any atom is 0.154 e. The minimum absolute atomic E-state index is 0.0605. The van der Waals surface area contributed by atoms with Gasteiger partial charge in [-0.15, -0.1) is 0 Å². The van der Waals surface area contributed by atoms with E-state index in [-0.39, 0.29) is 23.0 Å². The Balaban J connectivity index is 2.46. The second-order valence-corrected chi connectivity index (χ2v) is 8.08. The monoisotopic (exact) mass is 249 g/mol. The largest absolute Gasteiger partial charge is 0.390 e. The molecule has 0 aromatic carbocycles. The van der Waals surface area contributed by atoms with Crippen LogP contribution in [0.5, 0.6) is 0 Å². The highest BCUT2D eigenvalue weighted by atomic mass is 32.2. The minimum Gasteiger partial charge on any atom is -0.390 e. The SMILES string of the molecule is CC(CNC1CS(=O)(=O)CC1O)C(C)(C)C. The quantitative estimate of drug-likeness (QED) is 0.760. The molecule has 5 heteroatoms. The van der Waals surface area contributed by atoms with Crippen molar-refractivity contribution in [2.75, 3.05) is 18.1 Å². The Labute approximate surface area is 98.4 Å². The summed E-state index contributed by atoms with van der Waals surface area (Å²) in [6.45, 7) is 9.33. The van der Waals surface area contributed by atoms with Crippen LogP contribution < -0.4 is 5.32 Å². The molecule has 1 rings (SSSR count). The molecule has 0 aromatic rings. The molecule has 96 valence electrons. The molecule has 16 heavy (non-hydrogen) atoms. The van der Waals surface area contributed by atoms with E-state index in [4.69, 9.17) is 0 Å². The van der Waals surface area contributed by atoms with Gasteiger partial charge in [0.25, 0.3) is 0 Å². The molecule has 0 saturated carbocycles. The van der Waals surface area contributed by atoms with Crippen LogP contribution in [0.2, 0.25) is 0 Å². The molecule has 1 aliphatic heterocycles. The van der Waals surface area contributed by atoms with E-state index in [9.17, 15) is 13.5 Å². The van der Waals surface area contributed by atoms with Crippen molar-refractivity contribution in [3.8, 4) is 0 Å². The summed E-state index contributed by atoms with van der Waals surface area (Å²) in [6, 6.07) is -0.296. The second kappa shape index (κ2) is 4.63. The van der Waals surface area contributed by atoms with Crippen LogP contribution in [0, 0.1) is 11.3 Å². The molecule has 4 nitrogen and oxygen atoms in total. The van der Waals surface area contributed by atoms with Crippen LogP contribution in [0.4, 0.5) is 0 Å². The van der Waals surface area contributed by atoms with Crippen molar-refractivity contribution in [2.45, 2.75) is 39.8 Å².